The van der Waals surface area contributed by atoms with E-state index in [0.29, 0.717) is 35.3 Å². The van der Waals surface area contributed by atoms with Crippen LogP contribution in [-0.4, -0.2) is 52.2 Å². The second-order valence-electron chi connectivity index (χ2n) is 6.25. The number of aromatic nitrogens is 3. The van der Waals surface area contributed by atoms with E-state index in [1.54, 1.807) is 12.1 Å². The van der Waals surface area contributed by atoms with Gasteiger partial charge in [0.05, 0.1) is 12.1 Å². The molecule has 2 aromatic heterocycles. The lowest BCUT2D eigenvalue weighted by molar-refractivity contribution is 0.211. The molecule has 0 aliphatic heterocycles. The lowest BCUT2D eigenvalue weighted by Crippen LogP contribution is -2.25. The predicted octanol–water partition coefficient (Wildman–Crippen LogP) is 3.19. The van der Waals surface area contributed by atoms with Crippen LogP contribution in [0.4, 0.5) is 4.79 Å². The Hall–Kier alpha value is -3.13. The maximum Gasteiger partial charge on any atom is 0.410 e. The lowest BCUT2D eigenvalue weighted by Gasteiger charge is -2.17. The van der Waals surface area contributed by atoms with Crippen molar-refractivity contribution in [3.63, 3.8) is 0 Å². The van der Waals surface area contributed by atoms with Crippen LogP contribution in [0.5, 0.6) is 11.6 Å². The molecule has 1 aromatic carbocycles. The monoisotopic (exact) mass is 383 g/mol. The highest BCUT2D eigenvalue weighted by atomic mass is 16.5. The van der Waals surface area contributed by atoms with E-state index in [1.807, 2.05) is 24.3 Å². The summed E-state index contributed by atoms with van der Waals surface area (Å²) in [7, 11) is 0. The van der Waals surface area contributed by atoms with E-state index in [4.69, 9.17) is 15.2 Å². The van der Waals surface area contributed by atoms with Crippen LogP contribution in [0.15, 0.2) is 36.4 Å². The van der Waals surface area contributed by atoms with Gasteiger partial charge in [0.15, 0.2) is 11.6 Å². The standard InChI is InChI=1S/C20H25N5O3/c1-3-25(4-2)12-7-13-27-17-11-6-9-15(22-17)19-23-14-8-5-10-16(18(14)24-19)28-20(21)26/h5-6,8-11H,3-4,7,12-13H2,1-2H3,(H2,21,26)(H,23,24). The van der Waals surface area contributed by atoms with Gasteiger partial charge in [-0.2, -0.15) is 0 Å². The number of fused-ring (bicyclic) bond motifs is 1. The van der Waals surface area contributed by atoms with Gasteiger partial charge in [0, 0.05) is 12.6 Å². The molecule has 28 heavy (non-hydrogen) atoms. The first-order chi connectivity index (χ1) is 13.6. The molecule has 8 heteroatoms. The smallest absolute Gasteiger partial charge is 0.410 e. The molecule has 0 unspecified atom stereocenters. The fraction of sp³-hybridized carbons (Fsp3) is 0.350. The van der Waals surface area contributed by atoms with Crippen LogP contribution >= 0.6 is 0 Å². The van der Waals surface area contributed by atoms with Crippen LogP contribution < -0.4 is 15.2 Å². The molecule has 0 aliphatic rings. The fourth-order valence-corrected chi connectivity index (χ4v) is 2.95. The van der Waals surface area contributed by atoms with Gasteiger partial charge in [0.1, 0.15) is 11.2 Å². The number of imidazole rings is 1. The molecule has 3 rings (SSSR count). The number of para-hydroxylation sites is 1. The number of rotatable bonds is 9. The number of carbonyl (C=O) groups is 1. The van der Waals surface area contributed by atoms with Gasteiger partial charge in [-0.05, 0) is 37.7 Å². The third-order valence-electron chi connectivity index (χ3n) is 4.42. The molecule has 0 saturated heterocycles. The number of hydrogen-bond donors (Lipinski definition) is 2. The number of aromatic amines is 1. The molecule has 0 radical (unpaired) electrons. The minimum Gasteiger partial charge on any atom is -0.478 e. The minimum absolute atomic E-state index is 0.302. The number of benzene rings is 1. The summed E-state index contributed by atoms with van der Waals surface area (Å²) in [4.78, 5) is 25.6. The summed E-state index contributed by atoms with van der Waals surface area (Å²) in [5, 5.41) is 0. The normalized spacial score (nSPS) is 11.1. The summed E-state index contributed by atoms with van der Waals surface area (Å²) < 4.78 is 10.8. The van der Waals surface area contributed by atoms with Crippen LogP contribution in [0.2, 0.25) is 0 Å². The van der Waals surface area contributed by atoms with Crippen LogP contribution in [0.3, 0.4) is 0 Å². The number of nitrogens with zero attached hydrogens (tertiary/aromatic N) is 3. The van der Waals surface area contributed by atoms with Crippen LogP contribution in [0.1, 0.15) is 20.3 Å². The molecule has 148 valence electrons. The van der Waals surface area contributed by atoms with E-state index in [1.165, 1.54) is 0 Å². The number of ether oxygens (including phenoxy) is 2. The van der Waals surface area contributed by atoms with Gasteiger partial charge in [0.2, 0.25) is 5.88 Å². The van der Waals surface area contributed by atoms with Crippen molar-refractivity contribution in [3.05, 3.63) is 36.4 Å². The molecule has 0 fully saturated rings. The number of primary amides is 1. The van der Waals surface area contributed by atoms with Crippen molar-refractivity contribution in [1.82, 2.24) is 19.9 Å². The van der Waals surface area contributed by atoms with Crippen LogP contribution in [-0.2, 0) is 0 Å². The Labute approximate surface area is 163 Å². The molecule has 0 saturated carbocycles. The number of H-pyrrole nitrogens is 1. The molecule has 3 aromatic rings. The van der Waals surface area contributed by atoms with E-state index in [-0.39, 0.29) is 0 Å². The Balaban J connectivity index is 1.72. The summed E-state index contributed by atoms with van der Waals surface area (Å²) in [5.41, 5.74) is 7.00. The Morgan fingerprint density at radius 2 is 1.93 bits per heavy atom. The Kier molecular flexibility index (Phi) is 6.44. The highest BCUT2D eigenvalue weighted by molar-refractivity contribution is 5.86. The number of carbonyl (C=O) groups excluding carboxylic acids is 1. The van der Waals surface area contributed by atoms with Crippen molar-refractivity contribution in [2.45, 2.75) is 20.3 Å². The zero-order chi connectivity index (χ0) is 19.9. The first kappa shape index (κ1) is 19.6. The van der Waals surface area contributed by atoms with Crippen molar-refractivity contribution < 1.29 is 14.3 Å². The minimum atomic E-state index is -0.879. The second-order valence-corrected chi connectivity index (χ2v) is 6.25. The summed E-state index contributed by atoms with van der Waals surface area (Å²) in [6, 6.07) is 10.8. The highest BCUT2D eigenvalue weighted by Gasteiger charge is 2.13. The zero-order valence-electron chi connectivity index (χ0n) is 16.1. The van der Waals surface area contributed by atoms with Crippen molar-refractivity contribution in [3.8, 4) is 23.1 Å². The summed E-state index contributed by atoms with van der Waals surface area (Å²) in [5.74, 6) is 1.41. The second kappa shape index (κ2) is 9.18. The molecule has 0 bridgehead atoms. The number of nitrogens with one attached hydrogen (secondary N) is 1. The Bertz CT molecular complexity index is 936. The Morgan fingerprint density at radius 3 is 2.68 bits per heavy atom. The molecular formula is C20H25N5O3. The van der Waals surface area contributed by atoms with Gasteiger partial charge in [-0.25, -0.2) is 14.8 Å². The highest BCUT2D eigenvalue weighted by Crippen LogP contribution is 2.27. The van der Waals surface area contributed by atoms with Crippen molar-refractivity contribution in [2.24, 2.45) is 5.73 Å². The summed E-state index contributed by atoms with van der Waals surface area (Å²) >= 11 is 0. The van der Waals surface area contributed by atoms with Gasteiger partial charge in [-0.3, -0.25) is 0 Å². The van der Waals surface area contributed by atoms with Gasteiger partial charge in [-0.15, -0.1) is 0 Å². The molecule has 2 heterocycles. The van der Waals surface area contributed by atoms with Crippen molar-refractivity contribution in [2.75, 3.05) is 26.2 Å². The van der Waals surface area contributed by atoms with Crippen molar-refractivity contribution >= 4 is 17.1 Å². The summed E-state index contributed by atoms with van der Waals surface area (Å²) in [6.45, 7) is 7.99. The quantitative estimate of drug-likeness (QED) is 0.550. The molecule has 0 aliphatic carbocycles. The predicted molar refractivity (Wildman–Crippen MR) is 107 cm³/mol. The number of pyridine rings is 1. The topological polar surface area (TPSA) is 106 Å². The molecular weight excluding hydrogens is 358 g/mol. The molecule has 0 atom stereocenters. The SMILES string of the molecule is CCN(CC)CCCOc1cccc(-c2nc3c(OC(N)=O)cccc3[nH]2)n1. The van der Waals surface area contributed by atoms with E-state index >= 15 is 0 Å². The third-order valence-corrected chi connectivity index (χ3v) is 4.42. The first-order valence-electron chi connectivity index (χ1n) is 9.39. The zero-order valence-corrected chi connectivity index (χ0v) is 16.1. The molecule has 0 spiro atoms. The average molecular weight is 383 g/mol. The largest absolute Gasteiger partial charge is 0.478 e. The van der Waals surface area contributed by atoms with Gasteiger partial charge >= 0.3 is 6.09 Å². The van der Waals surface area contributed by atoms with Gasteiger partial charge in [0.25, 0.3) is 0 Å². The number of hydrogen-bond acceptors (Lipinski definition) is 6. The maximum atomic E-state index is 11.1. The molecule has 3 N–H and O–H groups in total. The van der Waals surface area contributed by atoms with Crippen LogP contribution in [0.25, 0.3) is 22.6 Å². The van der Waals surface area contributed by atoms with E-state index < -0.39 is 6.09 Å². The van der Waals surface area contributed by atoms with E-state index in [0.717, 1.165) is 31.6 Å². The number of amides is 1. The fourth-order valence-electron chi connectivity index (χ4n) is 2.95. The van der Waals surface area contributed by atoms with Crippen molar-refractivity contribution in [1.29, 1.82) is 0 Å². The van der Waals surface area contributed by atoms with Crippen LogP contribution in [0, 0.1) is 0 Å². The van der Waals surface area contributed by atoms with E-state index in [9.17, 15) is 4.79 Å². The van der Waals surface area contributed by atoms with Gasteiger partial charge < -0.3 is 25.1 Å². The molecule has 8 nitrogen and oxygen atoms in total. The van der Waals surface area contributed by atoms with Gasteiger partial charge in [-0.1, -0.05) is 26.0 Å². The maximum absolute atomic E-state index is 11.1. The average Bonchev–Trinajstić information content (AvgIpc) is 3.13. The van der Waals surface area contributed by atoms with E-state index in [2.05, 4.69) is 33.7 Å². The third kappa shape index (κ3) is 4.77. The Morgan fingerprint density at radius 1 is 1.14 bits per heavy atom. The summed E-state index contributed by atoms with van der Waals surface area (Å²) in [6.07, 6.45) is 0.0572. The first-order valence-corrected chi connectivity index (χ1v) is 9.39. The lowest BCUT2D eigenvalue weighted by atomic mass is 10.3. The molecule has 1 amide bonds. The number of nitrogens with two attached hydrogens (primary N) is 1.